The molecule has 1 N–H and O–H groups in total. The lowest BCUT2D eigenvalue weighted by Gasteiger charge is -2.14. The molecule has 1 amide bonds. The van der Waals surface area contributed by atoms with Crippen LogP contribution in [0.25, 0.3) is 0 Å². The molecule has 11 heteroatoms. The first kappa shape index (κ1) is 19.3. The van der Waals surface area contributed by atoms with Crippen molar-refractivity contribution in [3.63, 3.8) is 0 Å². The van der Waals surface area contributed by atoms with Gasteiger partial charge < -0.3 is 9.88 Å². The number of benzene rings is 1. The molecule has 146 valence electrons. The van der Waals surface area contributed by atoms with E-state index in [1.807, 2.05) is 0 Å². The Morgan fingerprint density at radius 2 is 2.00 bits per heavy atom. The summed E-state index contributed by atoms with van der Waals surface area (Å²) in [5.74, 6) is -1.22. The summed E-state index contributed by atoms with van der Waals surface area (Å²) in [5, 5.41) is 10.0. The van der Waals surface area contributed by atoms with Crippen LogP contribution < -0.4 is 5.32 Å². The van der Waals surface area contributed by atoms with E-state index in [9.17, 15) is 26.4 Å². The number of anilines is 1. The van der Waals surface area contributed by atoms with Crippen LogP contribution in [0.4, 0.5) is 18.9 Å². The first-order valence-electron chi connectivity index (χ1n) is 8.22. The van der Waals surface area contributed by atoms with Gasteiger partial charge in [-0.1, -0.05) is 6.07 Å². The van der Waals surface area contributed by atoms with Crippen molar-refractivity contribution in [1.82, 2.24) is 14.8 Å². The lowest BCUT2D eigenvalue weighted by atomic mass is 10.2. The number of sulfone groups is 1. The van der Waals surface area contributed by atoms with Crippen molar-refractivity contribution in [1.29, 1.82) is 0 Å². The summed E-state index contributed by atoms with van der Waals surface area (Å²) in [4.78, 5) is 12.0. The molecule has 2 aromatic rings. The average Bonchev–Trinajstić information content (AvgIpc) is 2.96. The smallest absolute Gasteiger partial charge is 0.325 e. The Balaban J connectivity index is 1.66. The third-order valence-electron chi connectivity index (χ3n) is 4.11. The Kier molecular flexibility index (Phi) is 5.22. The Bertz CT molecular complexity index is 954. The molecule has 1 aromatic carbocycles. The maximum atomic E-state index is 12.7. The van der Waals surface area contributed by atoms with Gasteiger partial charge in [-0.25, -0.2) is 8.42 Å². The molecule has 0 bridgehead atoms. The van der Waals surface area contributed by atoms with Crippen LogP contribution in [0.15, 0.2) is 24.3 Å². The predicted molar refractivity (Wildman–Crippen MR) is 90.5 cm³/mol. The zero-order chi connectivity index (χ0) is 19.7. The molecule has 1 aliphatic rings. The van der Waals surface area contributed by atoms with Crippen molar-refractivity contribution < 1.29 is 26.4 Å². The number of amides is 1. The summed E-state index contributed by atoms with van der Waals surface area (Å²) in [6, 6.07) is 4.00. The van der Waals surface area contributed by atoms with Gasteiger partial charge in [0.05, 0.1) is 5.56 Å². The average molecular weight is 402 g/mol. The molecule has 2 heterocycles. The highest BCUT2D eigenvalue weighted by Gasteiger charge is 2.30. The monoisotopic (exact) mass is 402 g/mol. The van der Waals surface area contributed by atoms with Gasteiger partial charge in [-0.3, -0.25) is 4.79 Å². The highest BCUT2D eigenvalue weighted by Crippen LogP contribution is 2.30. The van der Waals surface area contributed by atoms with Crippen molar-refractivity contribution in [2.45, 2.75) is 37.7 Å². The van der Waals surface area contributed by atoms with Gasteiger partial charge in [0.15, 0.2) is 9.84 Å². The van der Waals surface area contributed by atoms with E-state index in [-0.39, 0.29) is 11.5 Å². The first-order valence-corrected chi connectivity index (χ1v) is 10.0. The van der Waals surface area contributed by atoms with Crippen molar-refractivity contribution in [2.75, 3.05) is 11.1 Å². The SMILES string of the molecule is O=C(CS(=O)(=O)Cc1nnc2n1CCCC2)Nc1cccc(C(F)(F)F)c1. The summed E-state index contributed by atoms with van der Waals surface area (Å²) in [6.45, 7) is 0.629. The molecule has 1 aliphatic heterocycles. The Hall–Kier alpha value is -2.43. The summed E-state index contributed by atoms with van der Waals surface area (Å²) < 4.78 is 64.4. The summed E-state index contributed by atoms with van der Waals surface area (Å²) in [6.07, 6.45) is -1.97. The number of hydrogen-bond donors (Lipinski definition) is 1. The predicted octanol–water partition coefficient (Wildman–Crippen LogP) is 2.19. The Morgan fingerprint density at radius 1 is 1.22 bits per heavy atom. The minimum absolute atomic E-state index is 0.120. The fourth-order valence-corrected chi connectivity index (χ4v) is 4.07. The van der Waals surface area contributed by atoms with Crippen molar-refractivity contribution >= 4 is 21.4 Å². The van der Waals surface area contributed by atoms with E-state index >= 15 is 0 Å². The van der Waals surface area contributed by atoms with Crippen LogP contribution in [0.2, 0.25) is 0 Å². The van der Waals surface area contributed by atoms with Crippen molar-refractivity contribution in [3.8, 4) is 0 Å². The number of aromatic nitrogens is 3. The molecule has 3 rings (SSSR count). The third kappa shape index (κ3) is 4.85. The lowest BCUT2D eigenvalue weighted by molar-refractivity contribution is -0.137. The molecular formula is C16H17F3N4O3S. The second kappa shape index (κ2) is 7.29. The number of nitrogens with one attached hydrogen (secondary N) is 1. The number of carbonyl (C=O) groups excluding carboxylic acids is 1. The number of carbonyl (C=O) groups is 1. The van der Waals surface area contributed by atoms with Gasteiger partial charge in [-0.2, -0.15) is 13.2 Å². The van der Waals surface area contributed by atoms with E-state index in [2.05, 4.69) is 15.5 Å². The maximum absolute atomic E-state index is 12.7. The maximum Gasteiger partial charge on any atom is 0.416 e. The second-order valence-corrected chi connectivity index (χ2v) is 8.36. The Labute approximate surface area is 153 Å². The lowest BCUT2D eigenvalue weighted by Crippen LogP contribution is -2.25. The molecule has 0 fully saturated rings. The van der Waals surface area contributed by atoms with Crippen LogP contribution in [0.5, 0.6) is 0 Å². The standard InChI is InChI=1S/C16H17F3N4O3S/c17-16(18,19)11-4-3-5-12(8-11)20-15(24)10-27(25,26)9-14-22-21-13-6-1-2-7-23(13)14/h3-5,8H,1-2,6-7,9-10H2,(H,20,24). The zero-order valence-corrected chi connectivity index (χ0v) is 15.0. The van der Waals surface area contributed by atoms with Crippen molar-refractivity contribution in [2.24, 2.45) is 0 Å². The number of aryl methyl sites for hydroxylation is 1. The summed E-state index contributed by atoms with van der Waals surface area (Å²) >= 11 is 0. The second-order valence-electron chi connectivity index (χ2n) is 6.30. The van der Waals surface area contributed by atoms with Gasteiger partial charge >= 0.3 is 6.18 Å². The number of nitrogens with zero attached hydrogens (tertiary/aromatic N) is 3. The third-order valence-corrected chi connectivity index (χ3v) is 5.51. The van der Waals surface area contributed by atoms with Crippen LogP contribution in [0, 0.1) is 0 Å². The highest BCUT2D eigenvalue weighted by atomic mass is 32.2. The molecule has 1 aromatic heterocycles. The molecule has 0 saturated heterocycles. The van der Waals surface area contributed by atoms with Gasteiger partial charge in [0, 0.05) is 18.7 Å². The molecule has 0 spiro atoms. The fraction of sp³-hybridized carbons (Fsp3) is 0.438. The number of hydrogen-bond acceptors (Lipinski definition) is 5. The number of rotatable bonds is 5. The van der Waals surface area contributed by atoms with Crippen LogP contribution in [-0.4, -0.2) is 34.8 Å². The van der Waals surface area contributed by atoms with E-state index in [1.54, 1.807) is 4.57 Å². The Morgan fingerprint density at radius 3 is 2.74 bits per heavy atom. The zero-order valence-electron chi connectivity index (χ0n) is 14.2. The summed E-state index contributed by atoms with van der Waals surface area (Å²) in [5.41, 5.74) is -1.05. The minimum atomic E-state index is -4.56. The molecule has 0 radical (unpaired) electrons. The molecule has 0 unspecified atom stereocenters. The van der Waals surface area contributed by atoms with Crippen LogP contribution in [-0.2, 0) is 39.5 Å². The van der Waals surface area contributed by atoms with Gasteiger partial charge in [0.1, 0.15) is 23.2 Å². The number of fused-ring (bicyclic) bond motifs is 1. The van der Waals surface area contributed by atoms with Crippen LogP contribution in [0.3, 0.4) is 0 Å². The van der Waals surface area contributed by atoms with Gasteiger partial charge in [0.25, 0.3) is 0 Å². The topological polar surface area (TPSA) is 93.9 Å². The molecule has 0 aliphatic carbocycles. The normalized spacial score (nSPS) is 14.6. The summed E-state index contributed by atoms with van der Waals surface area (Å²) in [7, 11) is -3.85. The molecule has 27 heavy (non-hydrogen) atoms. The first-order chi connectivity index (χ1) is 12.6. The molecule has 0 atom stereocenters. The number of alkyl halides is 3. The minimum Gasteiger partial charge on any atom is -0.325 e. The van der Waals surface area contributed by atoms with Gasteiger partial charge in [-0.05, 0) is 31.0 Å². The van der Waals surface area contributed by atoms with E-state index in [4.69, 9.17) is 0 Å². The highest BCUT2D eigenvalue weighted by molar-refractivity contribution is 7.91. The molecular weight excluding hydrogens is 385 g/mol. The van der Waals surface area contributed by atoms with E-state index in [0.29, 0.717) is 6.54 Å². The van der Waals surface area contributed by atoms with Crippen molar-refractivity contribution in [3.05, 3.63) is 41.5 Å². The van der Waals surface area contributed by atoms with Crippen LogP contribution in [0.1, 0.15) is 30.1 Å². The fourth-order valence-electron chi connectivity index (χ4n) is 2.89. The van der Waals surface area contributed by atoms with Gasteiger partial charge in [0.2, 0.25) is 5.91 Å². The molecule has 0 saturated carbocycles. The van der Waals surface area contributed by atoms with E-state index in [1.165, 1.54) is 6.07 Å². The molecule has 7 nitrogen and oxygen atoms in total. The van der Waals surface area contributed by atoms with E-state index in [0.717, 1.165) is 43.3 Å². The number of halogens is 3. The largest absolute Gasteiger partial charge is 0.416 e. The van der Waals surface area contributed by atoms with E-state index < -0.39 is 39.0 Å². The van der Waals surface area contributed by atoms with Crippen LogP contribution >= 0.6 is 0 Å². The van der Waals surface area contributed by atoms with Gasteiger partial charge in [-0.15, -0.1) is 10.2 Å². The quantitative estimate of drug-likeness (QED) is 0.827.